The van der Waals surface area contributed by atoms with E-state index >= 15 is 0 Å². The number of H-pyrrole nitrogens is 1. The van der Waals surface area contributed by atoms with Gasteiger partial charge in [-0.25, -0.2) is 4.98 Å². The highest BCUT2D eigenvalue weighted by atomic mass is 16.4. The number of likely N-dealkylation sites (tertiary alicyclic amines) is 1. The van der Waals surface area contributed by atoms with E-state index in [9.17, 15) is 19.5 Å². The summed E-state index contributed by atoms with van der Waals surface area (Å²) in [7, 11) is 1.70. The Labute approximate surface area is 145 Å². The minimum absolute atomic E-state index is 0.0621. The Kier molecular flexibility index (Phi) is 4.30. The Morgan fingerprint density at radius 3 is 2.56 bits per heavy atom. The van der Waals surface area contributed by atoms with Gasteiger partial charge < -0.3 is 19.9 Å². The van der Waals surface area contributed by atoms with Gasteiger partial charge in [0.2, 0.25) is 5.91 Å². The number of amides is 1. The Balaban J connectivity index is 1.83. The van der Waals surface area contributed by atoms with E-state index in [1.54, 1.807) is 11.9 Å². The average molecular weight is 348 g/mol. The lowest BCUT2D eigenvalue weighted by Crippen LogP contribution is -2.56. The molecule has 1 aromatic rings. The summed E-state index contributed by atoms with van der Waals surface area (Å²) in [5.74, 6) is -0.343. The molecular weight excluding hydrogens is 324 g/mol. The van der Waals surface area contributed by atoms with Crippen LogP contribution in [-0.2, 0) is 9.59 Å². The molecule has 1 amide bonds. The van der Waals surface area contributed by atoms with Crippen molar-refractivity contribution >= 4 is 17.7 Å². The van der Waals surface area contributed by atoms with E-state index in [1.807, 2.05) is 18.7 Å². The van der Waals surface area contributed by atoms with E-state index in [2.05, 4.69) is 9.97 Å². The minimum atomic E-state index is -0.914. The third-order valence-corrected chi connectivity index (χ3v) is 5.61. The molecule has 1 atom stereocenters. The van der Waals surface area contributed by atoms with Crippen LogP contribution in [0.15, 0.2) is 10.9 Å². The van der Waals surface area contributed by atoms with E-state index in [-0.39, 0.29) is 23.8 Å². The molecule has 25 heavy (non-hydrogen) atoms. The first-order valence-electron chi connectivity index (χ1n) is 8.60. The van der Waals surface area contributed by atoms with E-state index in [0.29, 0.717) is 37.6 Å². The van der Waals surface area contributed by atoms with Gasteiger partial charge in [0.15, 0.2) is 0 Å². The summed E-state index contributed by atoms with van der Waals surface area (Å²) in [5.41, 5.74) is -0.827. The number of nitrogens with zero attached hydrogens (tertiary/aromatic N) is 3. The zero-order valence-corrected chi connectivity index (χ0v) is 14.8. The maximum absolute atomic E-state index is 12.1. The van der Waals surface area contributed by atoms with E-state index in [1.165, 1.54) is 6.07 Å². The average Bonchev–Trinajstić information content (AvgIpc) is 2.80. The Hall–Kier alpha value is -2.38. The van der Waals surface area contributed by atoms with Crippen molar-refractivity contribution < 1.29 is 14.7 Å². The fraction of sp³-hybridized carbons (Fsp3) is 0.647. The zero-order valence-electron chi connectivity index (χ0n) is 14.8. The first-order chi connectivity index (χ1) is 11.7. The van der Waals surface area contributed by atoms with Crippen molar-refractivity contribution in [1.29, 1.82) is 0 Å². The van der Waals surface area contributed by atoms with E-state index in [4.69, 9.17) is 0 Å². The normalized spacial score (nSPS) is 22.9. The third kappa shape index (κ3) is 2.89. The standard InChI is InChI=1S/C17H24N4O4/c1-10(2)15-18-12(9-13(22)19-15)21-6-4-17(5-7-21)11(16(24)25)8-14(23)20(17)3/h9-11H,4-8H2,1-3H3,(H,24,25)(H,18,19,22). The van der Waals surface area contributed by atoms with Crippen molar-refractivity contribution in [3.8, 4) is 0 Å². The molecule has 0 aromatic carbocycles. The largest absolute Gasteiger partial charge is 0.481 e. The second kappa shape index (κ2) is 6.16. The van der Waals surface area contributed by atoms with Gasteiger partial charge in [-0.05, 0) is 12.8 Å². The van der Waals surface area contributed by atoms with Gasteiger partial charge in [-0.3, -0.25) is 14.4 Å². The molecule has 2 saturated heterocycles. The SMILES string of the molecule is CC(C)c1nc(N2CCC3(CC2)C(C(=O)O)CC(=O)N3C)cc(=O)[nH]1. The topological polar surface area (TPSA) is 107 Å². The molecule has 1 unspecified atom stereocenters. The molecule has 2 aliphatic heterocycles. The number of aromatic nitrogens is 2. The second-order valence-electron chi connectivity index (χ2n) is 7.28. The maximum Gasteiger partial charge on any atom is 0.309 e. The van der Waals surface area contributed by atoms with Crippen LogP contribution in [0, 0.1) is 5.92 Å². The zero-order chi connectivity index (χ0) is 18.4. The van der Waals surface area contributed by atoms with Gasteiger partial charge in [0, 0.05) is 38.5 Å². The lowest BCUT2D eigenvalue weighted by molar-refractivity contribution is -0.145. The monoisotopic (exact) mass is 348 g/mol. The molecule has 2 aliphatic rings. The summed E-state index contributed by atoms with van der Waals surface area (Å²) in [5, 5.41) is 9.53. The molecule has 8 heteroatoms. The molecule has 0 saturated carbocycles. The number of carbonyl (C=O) groups excluding carboxylic acids is 1. The highest BCUT2D eigenvalue weighted by Gasteiger charge is 2.55. The number of rotatable bonds is 3. The Bertz CT molecular complexity index is 749. The molecular formula is C17H24N4O4. The van der Waals surface area contributed by atoms with Gasteiger partial charge in [-0.2, -0.15) is 0 Å². The summed E-state index contributed by atoms with van der Waals surface area (Å²) >= 11 is 0. The summed E-state index contributed by atoms with van der Waals surface area (Å²) in [6.07, 6.45) is 1.17. The van der Waals surface area contributed by atoms with Crippen LogP contribution in [0.4, 0.5) is 5.82 Å². The molecule has 1 spiro atoms. The predicted molar refractivity (Wildman–Crippen MR) is 91.6 cm³/mol. The highest BCUT2D eigenvalue weighted by molar-refractivity contribution is 5.88. The third-order valence-electron chi connectivity index (χ3n) is 5.61. The number of carbonyl (C=O) groups is 2. The quantitative estimate of drug-likeness (QED) is 0.837. The predicted octanol–water partition coefficient (Wildman–Crippen LogP) is 0.795. The highest BCUT2D eigenvalue weighted by Crippen LogP contribution is 2.43. The van der Waals surface area contributed by atoms with Crippen LogP contribution in [-0.4, -0.2) is 57.5 Å². The van der Waals surface area contributed by atoms with Crippen LogP contribution in [0.2, 0.25) is 0 Å². The maximum atomic E-state index is 12.1. The van der Waals surface area contributed by atoms with Crippen molar-refractivity contribution in [2.24, 2.45) is 5.92 Å². The van der Waals surface area contributed by atoms with Gasteiger partial charge in [0.05, 0.1) is 11.5 Å². The molecule has 0 aliphatic carbocycles. The van der Waals surface area contributed by atoms with Crippen molar-refractivity contribution in [3.05, 3.63) is 22.2 Å². The summed E-state index contributed by atoms with van der Waals surface area (Å²) in [6.45, 7) is 5.05. The fourth-order valence-electron chi connectivity index (χ4n) is 4.01. The number of hydrogen-bond donors (Lipinski definition) is 2. The number of aliphatic carboxylic acids is 1. The number of carboxylic acid groups (broad SMARTS) is 1. The lowest BCUT2D eigenvalue weighted by atomic mass is 9.77. The molecule has 0 bridgehead atoms. The van der Waals surface area contributed by atoms with Gasteiger partial charge in [0.1, 0.15) is 11.6 Å². The van der Waals surface area contributed by atoms with E-state index in [0.717, 1.165) is 0 Å². The number of piperidine rings is 1. The molecule has 136 valence electrons. The van der Waals surface area contributed by atoms with Gasteiger partial charge in [-0.1, -0.05) is 13.8 Å². The summed E-state index contributed by atoms with van der Waals surface area (Å²) < 4.78 is 0. The number of anilines is 1. The number of hydrogen-bond acceptors (Lipinski definition) is 5. The number of nitrogens with one attached hydrogen (secondary N) is 1. The number of aromatic amines is 1. The van der Waals surface area contributed by atoms with Gasteiger partial charge in [0.25, 0.3) is 5.56 Å². The van der Waals surface area contributed by atoms with Crippen LogP contribution in [0.25, 0.3) is 0 Å². The van der Waals surface area contributed by atoms with Gasteiger partial charge >= 0.3 is 5.97 Å². The minimum Gasteiger partial charge on any atom is -0.481 e. The molecule has 3 rings (SSSR count). The molecule has 1 aromatic heterocycles. The second-order valence-corrected chi connectivity index (χ2v) is 7.28. The van der Waals surface area contributed by atoms with Crippen LogP contribution in [0.5, 0.6) is 0 Å². The van der Waals surface area contributed by atoms with Gasteiger partial charge in [-0.15, -0.1) is 0 Å². The van der Waals surface area contributed by atoms with Crippen LogP contribution in [0.1, 0.15) is 44.9 Å². The lowest BCUT2D eigenvalue weighted by Gasteiger charge is -2.45. The van der Waals surface area contributed by atoms with Crippen molar-refractivity contribution in [2.45, 2.75) is 44.6 Å². The molecule has 0 radical (unpaired) electrons. The van der Waals surface area contributed by atoms with E-state index < -0.39 is 17.4 Å². The van der Waals surface area contributed by atoms with Crippen LogP contribution >= 0.6 is 0 Å². The Morgan fingerprint density at radius 1 is 1.36 bits per heavy atom. The molecule has 3 heterocycles. The first kappa shape index (κ1) is 17.4. The van der Waals surface area contributed by atoms with Crippen LogP contribution in [0.3, 0.4) is 0 Å². The van der Waals surface area contributed by atoms with Crippen molar-refractivity contribution in [2.75, 3.05) is 25.0 Å². The first-order valence-corrected chi connectivity index (χ1v) is 8.60. The smallest absolute Gasteiger partial charge is 0.309 e. The van der Waals surface area contributed by atoms with Crippen LogP contribution < -0.4 is 10.5 Å². The van der Waals surface area contributed by atoms with Crippen molar-refractivity contribution in [1.82, 2.24) is 14.9 Å². The fourth-order valence-corrected chi connectivity index (χ4v) is 4.01. The molecule has 8 nitrogen and oxygen atoms in total. The summed E-state index contributed by atoms with van der Waals surface area (Å²) in [4.78, 5) is 46.5. The molecule has 2 N–H and O–H groups in total. The molecule has 2 fully saturated rings. The summed E-state index contributed by atoms with van der Waals surface area (Å²) in [6, 6.07) is 1.47. The number of carboxylic acids is 1. The Morgan fingerprint density at radius 2 is 2.00 bits per heavy atom. The van der Waals surface area contributed by atoms with Crippen molar-refractivity contribution in [3.63, 3.8) is 0 Å².